The average Bonchev–Trinajstić information content (AvgIpc) is 2.42. The molecule has 0 aliphatic rings. The normalized spacial score (nSPS) is 12.0. The molecule has 0 atom stereocenters. The smallest absolute Gasteiger partial charge is 0.396 e. The van der Waals surface area contributed by atoms with Crippen molar-refractivity contribution in [2.75, 3.05) is 54.1 Å². The van der Waals surface area contributed by atoms with E-state index >= 15 is 0 Å². The van der Waals surface area contributed by atoms with E-state index in [0.717, 1.165) is 45.1 Å². The van der Waals surface area contributed by atoms with E-state index in [9.17, 15) is 0 Å². The molecule has 0 bridgehead atoms. The van der Waals surface area contributed by atoms with Gasteiger partial charge in [0.05, 0.1) is 0 Å². The van der Waals surface area contributed by atoms with E-state index in [1.165, 1.54) is 0 Å². The van der Waals surface area contributed by atoms with Gasteiger partial charge in [0.1, 0.15) is 0 Å². The molecule has 110 valence electrons. The van der Waals surface area contributed by atoms with Crippen LogP contribution in [0.1, 0.15) is 12.8 Å². The summed E-state index contributed by atoms with van der Waals surface area (Å²) < 4.78 is 16.0. The van der Waals surface area contributed by atoms with E-state index < -0.39 is 8.80 Å². The highest BCUT2D eigenvalue weighted by Crippen LogP contribution is 2.14. The van der Waals surface area contributed by atoms with Crippen molar-refractivity contribution in [1.82, 2.24) is 10.6 Å². The van der Waals surface area contributed by atoms with E-state index in [-0.39, 0.29) is 6.61 Å². The van der Waals surface area contributed by atoms with Crippen LogP contribution in [0.2, 0.25) is 6.04 Å². The summed E-state index contributed by atoms with van der Waals surface area (Å²) in [6, 6.07) is 0.821. The van der Waals surface area contributed by atoms with E-state index in [1.54, 1.807) is 21.3 Å². The van der Waals surface area contributed by atoms with Crippen molar-refractivity contribution < 1.29 is 18.4 Å². The van der Waals surface area contributed by atoms with Crippen LogP contribution in [0.3, 0.4) is 0 Å². The first kappa shape index (κ1) is 18.0. The molecule has 3 N–H and O–H groups in total. The molecule has 0 rings (SSSR count). The fourth-order valence-corrected chi connectivity index (χ4v) is 3.34. The molecule has 7 heteroatoms. The maximum absolute atomic E-state index is 8.60. The largest absolute Gasteiger partial charge is 0.500 e. The van der Waals surface area contributed by atoms with Crippen LogP contribution < -0.4 is 10.6 Å². The Balaban J connectivity index is 3.38. The predicted molar refractivity (Wildman–Crippen MR) is 73.6 cm³/mol. The van der Waals surface area contributed by atoms with Crippen LogP contribution in [0.25, 0.3) is 0 Å². The molecule has 0 heterocycles. The zero-order chi connectivity index (χ0) is 13.7. The maximum atomic E-state index is 8.60. The van der Waals surface area contributed by atoms with Gasteiger partial charge in [-0.05, 0) is 25.9 Å². The van der Waals surface area contributed by atoms with Gasteiger partial charge in [0, 0.05) is 47.1 Å². The molecular formula is C11H28N2O4Si. The van der Waals surface area contributed by atoms with Gasteiger partial charge in [-0.2, -0.15) is 0 Å². The number of nitrogens with one attached hydrogen (secondary N) is 2. The second kappa shape index (κ2) is 12.0. The molecule has 0 amide bonds. The molecule has 6 nitrogen and oxygen atoms in total. The van der Waals surface area contributed by atoms with E-state index in [4.69, 9.17) is 18.4 Å². The zero-order valence-electron chi connectivity index (χ0n) is 11.8. The highest BCUT2D eigenvalue weighted by atomic mass is 28.4. The van der Waals surface area contributed by atoms with Crippen molar-refractivity contribution in [2.24, 2.45) is 0 Å². The summed E-state index contributed by atoms with van der Waals surface area (Å²) in [4.78, 5) is 0. The lowest BCUT2D eigenvalue weighted by atomic mass is 10.4. The molecule has 18 heavy (non-hydrogen) atoms. The van der Waals surface area contributed by atoms with Crippen LogP contribution in [0, 0.1) is 0 Å². The summed E-state index contributed by atoms with van der Waals surface area (Å²) in [5.74, 6) is 0. The molecule has 0 saturated heterocycles. The Morgan fingerprint density at radius 3 is 1.78 bits per heavy atom. The lowest BCUT2D eigenvalue weighted by Crippen LogP contribution is -2.43. The van der Waals surface area contributed by atoms with Gasteiger partial charge in [-0.15, -0.1) is 0 Å². The van der Waals surface area contributed by atoms with Crippen molar-refractivity contribution in [1.29, 1.82) is 0 Å². The average molecular weight is 280 g/mol. The van der Waals surface area contributed by atoms with E-state index in [1.807, 2.05) is 0 Å². The number of aliphatic hydroxyl groups excluding tert-OH is 1. The fraction of sp³-hybridized carbons (Fsp3) is 1.00. The Labute approximate surface area is 111 Å². The monoisotopic (exact) mass is 280 g/mol. The van der Waals surface area contributed by atoms with Crippen molar-refractivity contribution in [3.63, 3.8) is 0 Å². The first-order valence-corrected chi connectivity index (χ1v) is 8.35. The van der Waals surface area contributed by atoms with Crippen LogP contribution in [0.4, 0.5) is 0 Å². The molecule has 0 radical (unpaired) electrons. The molecule has 0 aromatic heterocycles. The second-order valence-electron chi connectivity index (χ2n) is 3.98. The first-order valence-electron chi connectivity index (χ1n) is 6.42. The van der Waals surface area contributed by atoms with Gasteiger partial charge in [-0.1, -0.05) is 0 Å². The Morgan fingerprint density at radius 1 is 0.833 bits per heavy atom. The predicted octanol–water partition coefficient (Wildman–Crippen LogP) is -0.184. The molecule has 0 aliphatic heterocycles. The quantitative estimate of drug-likeness (QED) is 0.321. The standard InChI is InChI=1S/C11H28N2O4Si/c1-15-18(16-2,17-3)11-5-7-13-9-8-12-6-4-10-14/h12-14H,4-11H2,1-3H3. The maximum Gasteiger partial charge on any atom is 0.500 e. The lowest BCUT2D eigenvalue weighted by molar-refractivity contribution is 0.123. The minimum atomic E-state index is -2.39. The van der Waals surface area contributed by atoms with Gasteiger partial charge in [0.2, 0.25) is 0 Å². The van der Waals surface area contributed by atoms with Gasteiger partial charge in [-0.25, -0.2) is 0 Å². The third-order valence-corrected chi connectivity index (χ3v) is 5.59. The van der Waals surface area contributed by atoms with Crippen molar-refractivity contribution >= 4 is 8.80 Å². The van der Waals surface area contributed by atoms with E-state index in [2.05, 4.69) is 10.6 Å². The lowest BCUT2D eigenvalue weighted by Gasteiger charge is -2.24. The Kier molecular flexibility index (Phi) is 12.0. The highest BCUT2D eigenvalue weighted by Gasteiger charge is 2.36. The molecule has 0 fully saturated rings. The highest BCUT2D eigenvalue weighted by molar-refractivity contribution is 6.60. The van der Waals surface area contributed by atoms with Crippen molar-refractivity contribution in [2.45, 2.75) is 18.9 Å². The van der Waals surface area contributed by atoms with Crippen LogP contribution >= 0.6 is 0 Å². The first-order chi connectivity index (χ1) is 8.74. The minimum Gasteiger partial charge on any atom is -0.396 e. The van der Waals surface area contributed by atoms with Gasteiger partial charge in [0.15, 0.2) is 0 Å². The van der Waals surface area contributed by atoms with Gasteiger partial charge >= 0.3 is 8.80 Å². The molecule has 0 unspecified atom stereocenters. The number of rotatable bonds is 13. The third kappa shape index (κ3) is 8.14. The SMILES string of the molecule is CO[Si](CCCNCCNCCCO)(OC)OC. The number of hydrogen-bond donors (Lipinski definition) is 3. The minimum absolute atomic E-state index is 0.248. The van der Waals surface area contributed by atoms with Crippen LogP contribution in [0.15, 0.2) is 0 Å². The van der Waals surface area contributed by atoms with Crippen molar-refractivity contribution in [3.8, 4) is 0 Å². The molecule has 0 aromatic carbocycles. The molecule has 0 saturated carbocycles. The summed E-state index contributed by atoms with van der Waals surface area (Å²) in [5, 5.41) is 15.2. The number of aliphatic hydroxyl groups is 1. The van der Waals surface area contributed by atoms with Crippen LogP contribution in [-0.4, -0.2) is 68.0 Å². The molecule has 0 spiro atoms. The summed E-state index contributed by atoms with van der Waals surface area (Å²) in [5.41, 5.74) is 0. The van der Waals surface area contributed by atoms with E-state index in [0.29, 0.717) is 0 Å². The zero-order valence-corrected chi connectivity index (χ0v) is 12.8. The third-order valence-electron chi connectivity index (χ3n) is 2.76. The molecule has 0 aromatic rings. The summed E-state index contributed by atoms with van der Waals surface area (Å²) >= 11 is 0. The summed E-state index contributed by atoms with van der Waals surface area (Å²) in [6.45, 7) is 3.88. The second-order valence-corrected chi connectivity index (χ2v) is 7.07. The number of hydrogen-bond acceptors (Lipinski definition) is 6. The van der Waals surface area contributed by atoms with Crippen LogP contribution in [-0.2, 0) is 13.3 Å². The molecular weight excluding hydrogens is 252 g/mol. The summed E-state index contributed by atoms with van der Waals surface area (Å²) in [7, 11) is 2.52. The molecule has 0 aliphatic carbocycles. The van der Waals surface area contributed by atoms with Crippen molar-refractivity contribution in [3.05, 3.63) is 0 Å². The van der Waals surface area contributed by atoms with Gasteiger partial charge < -0.3 is 29.0 Å². The fourth-order valence-electron chi connectivity index (χ4n) is 1.62. The Bertz CT molecular complexity index is 174. The van der Waals surface area contributed by atoms with Gasteiger partial charge in [-0.3, -0.25) is 0 Å². The van der Waals surface area contributed by atoms with Crippen LogP contribution in [0.5, 0.6) is 0 Å². The summed E-state index contributed by atoms with van der Waals surface area (Å²) in [6.07, 6.45) is 1.78. The Hall–Kier alpha value is -0.0231. The Morgan fingerprint density at radius 2 is 1.33 bits per heavy atom. The topological polar surface area (TPSA) is 72.0 Å². The van der Waals surface area contributed by atoms with Gasteiger partial charge in [0.25, 0.3) is 0 Å².